The molecule has 1 atom stereocenters. The molecule has 2 rings (SSSR count). The molecule has 0 bridgehead atoms. The monoisotopic (exact) mass is 226 g/mol. The molecule has 92 valence electrons. The second-order valence-corrected chi connectivity index (χ2v) is 5.20. The normalized spacial score (nSPS) is 24.8. The lowest BCUT2D eigenvalue weighted by atomic mass is 10.2. The van der Waals surface area contributed by atoms with Gasteiger partial charge in [-0.3, -0.25) is 0 Å². The van der Waals surface area contributed by atoms with Crippen molar-refractivity contribution < 1.29 is 9.53 Å². The summed E-state index contributed by atoms with van der Waals surface area (Å²) in [5.41, 5.74) is 0. The first-order valence-electron chi connectivity index (χ1n) is 6.31. The van der Waals surface area contributed by atoms with Gasteiger partial charge in [0, 0.05) is 19.2 Å². The molecule has 4 heteroatoms. The number of ether oxygens (including phenoxy) is 1. The Bertz CT molecular complexity index is 245. The average molecular weight is 226 g/mol. The Kier molecular flexibility index (Phi) is 3.69. The Morgan fingerprint density at radius 3 is 2.69 bits per heavy atom. The molecule has 16 heavy (non-hydrogen) atoms. The van der Waals surface area contributed by atoms with Gasteiger partial charge in [-0.15, -0.1) is 0 Å². The zero-order valence-electron chi connectivity index (χ0n) is 10.2. The Morgan fingerprint density at radius 1 is 1.44 bits per heavy atom. The van der Waals surface area contributed by atoms with Gasteiger partial charge >= 0.3 is 6.03 Å². The highest BCUT2D eigenvalue weighted by Crippen LogP contribution is 2.30. The van der Waals surface area contributed by atoms with Gasteiger partial charge in [0.1, 0.15) is 0 Å². The van der Waals surface area contributed by atoms with Gasteiger partial charge in [-0.25, -0.2) is 4.79 Å². The van der Waals surface area contributed by atoms with Gasteiger partial charge in [-0.05, 0) is 39.0 Å². The van der Waals surface area contributed by atoms with E-state index in [1.54, 1.807) is 0 Å². The molecule has 1 heterocycles. The summed E-state index contributed by atoms with van der Waals surface area (Å²) < 4.78 is 5.26. The topological polar surface area (TPSA) is 41.6 Å². The minimum Gasteiger partial charge on any atom is -0.379 e. The van der Waals surface area contributed by atoms with Gasteiger partial charge < -0.3 is 15.0 Å². The third kappa shape index (κ3) is 3.11. The number of nitrogens with one attached hydrogen (secondary N) is 1. The van der Waals surface area contributed by atoms with Gasteiger partial charge in [0.05, 0.1) is 12.6 Å². The molecule has 1 aliphatic heterocycles. The highest BCUT2D eigenvalue weighted by Gasteiger charge is 2.29. The van der Waals surface area contributed by atoms with Crippen LogP contribution < -0.4 is 5.32 Å². The van der Waals surface area contributed by atoms with Crippen LogP contribution in [-0.4, -0.2) is 42.8 Å². The van der Waals surface area contributed by atoms with Crippen LogP contribution in [-0.2, 0) is 4.74 Å². The number of urea groups is 1. The first-order chi connectivity index (χ1) is 7.66. The van der Waals surface area contributed by atoms with E-state index in [1.165, 1.54) is 12.8 Å². The number of carbonyl (C=O) groups is 1. The zero-order valence-corrected chi connectivity index (χ0v) is 10.2. The number of hydrogen-bond donors (Lipinski definition) is 1. The van der Waals surface area contributed by atoms with Crippen LogP contribution in [0.15, 0.2) is 0 Å². The fourth-order valence-electron chi connectivity index (χ4n) is 2.01. The highest BCUT2D eigenvalue weighted by molar-refractivity contribution is 5.74. The van der Waals surface area contributed by atoms with Crippen LogP contribution in [0.2, 0.25) is 0 Å². The lowest BCUT2D eigenvalue weighted by Gasteiger charge is -2.28. The maximum atomic E-state index is 12.1. The summed E-state index contributed by atoms with van der Waals surface area (Å²) in [4.78, 5) is 14.0. The van der Waals surface area contributed by atoms with Gasteiger partial charge in [0.25, 0.3) is 0 Å². The maximum absolute atomic E-state index is 12.1. The van der Waals surface area contributed by atoms with E-state index in [4.69, 9.17) is 4.74 Å². The molecule has 0 radical (unpaired) electrons. The molecule has 1 saturated heterocycles. The summed E-state index contributed by atoms with van der Waals surface area (Å²) in [6, 6.07) is 0.577. The number of carbonyl (C=O) groups excluding carboxylic acids is 1. The standard InChI is InChI=1S/C12H22N2O2/c1-9(2)14(7-10-3-4-10)12(15)13-11-5-6-16-8-11/h9-11H,3-8H2,1-2H3,(H,13,15). The molecule has 1 unspecified atom stereocenters. The summed E-state index contributed by atoms with van der Waals surface area (Å²) in [6.45, 7) is 6.51. The van der Waals surface area contributed by atoms with Crippen molar-refractivity contribution in [2.75, 3.05) is 19.8 Å². The molecule has 0 aromatic heterocycles. The van der Waals surface area contributed by atoms with Crippen LogP contribution in [0.1, 0.15) is 33.1 Å². The molecule has 1 N–H and O–H groups in total. The fourth-order valence-corrected chi connectivity index (χ4v) is 2.01. The van der Waals surface area contributed by atoms with Crippen molar-refractivity contribution >= 4 is 6.03 Å². The first kappa shape index (κ1) is 11.7. The molecular formula is C12H22N2O2. The summed E-state index contributed by atoms with van der Waals surface area (Å²) >= 11 is 0. The molecule has 2 fully saturated rings. The van der Waals surface area contributed by atoms with E-state index in [-0.39, 0.29) is 18.1 Å². The van der Waals surface area contributed by atoms with Crippen LogP contribution in [0.3, 0.4) is 0 Å². The van der Waals surface area contributed by atoms with E-state index < -0.39 is 0 Å². The number of amides is 2. The zero-order chi connectivity index (χ0) is 11.5. The van der Waals surface area contributed by atoms with Crippen molar-refractivity contribution in [3.63, 3.8) is 0 Å². The van der Waals surface area contributed by atoms with Gasteiger partial charge in [-0.1, -0.05) is 0 Å². The summed E-state index contributed by atoms with van der Waals surface area (Å²) in [7, 11) is 0. The van der Waals surface area contributed by atoms with Gasteiger partial charge in [0.15, 0.2) is 0 Å². The molecule has 2 amide bonds. The molecule has 4 nitrogen and oxygen atoms in total. The molecule has 1 aliphatic carbocycles. The van der Waals surface area contributed by atoms with Crippen molar-refractivity contribution in [3.8, 4) is 0 Å². The van der Waals surface area contributed by atoms with Crippen molar-refractivity contribution in [1.29, 1.82) is 0 Å². The van der Waals surface area contributed by atoms with Crippen LogP contribution in [0.25, 0.3) is 0 Å². The lowest BCUT2D eigenvalue weighted by Crippen LogP contribution is -2.48. The second-order valence-electron chi connectivity index (χ2n) is 5.20. The van der Waals surface area contributed by atoms with Crippen molar-refractivity contribution in [2.45, 2.75) is 45.2 Å². The Labute approximate surface area is 97.3 Å². The Hall–Kier alpha value is -0.770. The average Bonchev–Trinajstić information content (AvgIpc) is 2.91. The van der Waals surface area contributed by atoms with Crippen LogP contribution in [0.4, 0.5) is 4.79 Å². The smallest absolute Gasteiger partial charge is 0.317 e. The number of hydrogen-bond acceptors (Lipinski definition) is 2. The van der Waals surface area contributed by atoms with Crippen molar-refractivity contribution in [2.24, 2.45) is 5.92 Å². The summed E-state index contributed by atoms with van der Waals surface area (Å²) in [6.07, 6.45) is 3.51. The van der Waals surface area contributed by atoms with Crippen LogP contribution in [0, 0.1) is 5.92 Å². The minimum atomic E-state index is 0.0809. The summed E-state index contributed by atoms with van der Waals surface area (Å²) in [5.74, 6) is 0.743. The molecule has 0 aromatic carbocycles. The Morgan fingerprint density at radius 2 is 2.19 bits per heavy atom. The molecule has 0 spiro atoms. The third-order valence-corrected chi connectivity index (χ3v) is 3.29. The van der Waals surface area contributed by atoms with E-state index in [0.29, 0.717) is 6.61 Å². The largest absolute Gasteiger partial charge is 0.379 e. The van der Waals surface area contributed by atoms with Crippen molar-refractivity contribution in [1.82, 2.24) is 10.2 Å². The van der Waals surface area contributed by atoms with Crippen molar-refractivity contribution in [3.05, 3.63) is 0 Å². The molecule has 2 aliphatic rings. The third-order valence-electron chi connectivity index (χ3n) is 3.29. The predicted molar refractivity (Wildman–Crippen MR) is 62.3 cm³/mol. The first-order valence-corrected chi connectivity index (χ1v) is 6.31. The maximum Gasteiger partial charge on any atom is 0.317 e. The van der Waals surface area contributed by atoms with Crippen LogP contribution >= 0.6 is 0 Å². The SMILES string of the molecule is CC(C)N(CC1CC1)C(=O)NC1CCOC1. The summed E-state index contributed by atoms with van der Waals surface area (Å²) in [5, 5.41) is 3.06. The van der Waals surface area contributed by atoms with E-state index in [1.807, 2.05) is 4.90 Å². The Balaban J connectivity index is 1.82. The van der Waals surface area contributed by atoms with Gasteiger partial charge in [0.2, 0.25) is 0 Å². The predicted octanol–water partition coefficient (Wildman–Crippen LogP) is 1.61. The van der Waals surface area contributed by atoms with Gasteiger partial charge in [-0.2, -0.15) is 0 Å². The van der Waals surface area contributed by atoms with E-state index in [9.17, 15) is 4.79 Å². The number of rotatable bonds is 4. The highest BCUT2D eigenvalue weighted by atomic mass is 16.5. The van der Waals surface area contributed by atoms with E-state index in [0.717, 1.165) is 25.5 Å². The lowest BCUT2D eigenvalue weighted by molar-refractivity contribution is 0.167. The van der Waals surface area contributed by atoms with E-state index in [2.05, 4.69) is 19.2 Å². The second kappa shape index (κ2) is 5.04. The minimum absolute atomic E-state index is 0.0809. The molecule has 1 saturated carbocycles. The quantitative estimate of drug-likeness (QED) is 0.791. The van der Waals surface area contributed by atoms with Crippen LogP contribution in [0.5, 0.6) is 0 Å². The van der Waals surface area contributed by atoms with E-state index >= 15 is 0 Å². The fraction of sp³-hybridized carbons (Fsp3) is 0.917. The number of nitrogens with zero attached hydrogens (tertiary/aromatic N) is 1. The molecular weight excluding hydrogens is 204 g/mol. The molecule has 0 aromatic rings.